The molecule has 0 bridgehead atoms. The molecule has 1 amide bonds. The number of anilines is 1. The molecule has 2 heterocycles. The first-order valence-corrected chi connectivity index (χ1v) is 5.34. The molecule has 86 valence electrons. The third-order valence-electron chi connectivity index (χ3n) is 2.42. The van der Waals surface area contributed by atoms with Crippen molar-refractivity contribution in [3.8, 4) is 0 Å². The van der Waals surface area contributed by atoms with Gasteiger partial charge in [-0.2, -0.15) is 0 Å². The Balaban J connectivity index is 1.80. The Morgan fingerprint density at radius 3 is 3.00 bits per heavy atom. The molecule has 0 radical (unpaired) electrons. The number of carbonyl (C=O) groups is 1. The van der Waals surface area contributed by atoms with E-state index in [4.69, 9.17) is 4.74 Å². The highest BCUT2D eigenvalue weighted by atomic mass is 16.5. The number of amides is 1. The molecule has 0 spiro atoms. The predicted octanol–water partition coefficient (Wildman–Crippen LogP) is 0.352. The molecule has 1 saturated heterocycles. The van der Waals surface area contributed by atoms with Gasteiger partial charge < -0.3 is 10.1 Å². The number of nitrogens with one attached hydrogen (secondary N) is 1. The van der Waals surface area contributed by atoms with Gasteiger partial charge in [0.15, 0.2) is 0 Å². The van der Waals surface area contributed by atoms with Gasteiger partial charge in [0, 0.05) is 19.3 Å². The standard InChI is InChI=1S/C11H15N3O2/c15-11(9-14-4-6-16-7-5-14)13-10-2-1-3-12-8-10/h1-3,8H,4-7,9H2,(H,13,15). The van der Waals surface area contributed by atoms with Crippen molar-refractivity contribution >= 4 is 11.6 Å². The van der Waals surface area contributed by atoms with E-state index in [-0.39, 0.29) is 5.91 Å². The van der Waals surface area contributed by atoms with E-state index in [1.165, 1.54) is 0 Å². The van der Waals surface area contributed by atoms with Crippen LogP contribution in [-0.4, -0.2) is 48.6 Å². The fourth-order valence-corrected chi connectivity index (χ4v) is 1.60. The summed E-state index contributed by atoms with van der Waals surface area (Å²) in [5.74, 6) is -0.00472. The predicted molar refractivity (Wildman–Crippen MR) is 60.1 cm³/mol. The summed E-state index contributed by atoms with van der Waals surface area (Å²) in [5.41, 5.74) is 0.737. The zero-order valence-corrected chi connectivity index (χ0v) is 9.06. The summed E-state index contributed by atoms with van der Waals surface area (Å²) in [6.45, 7) is 3.47. The van der Waals surface area contributed by atoms with E-state index in [0.717, 1.165) is 18.8 Å². The fraction of sp³-hybridized carbons (Fsp3) is 0.455. The normalized spacial score (nSPS) is 17.0. The number of nitrogens with zero attached hydrogens (tertiary/aromatic N) is 2. The van der Waals surface area contributed by atoms with Crippen molar-refractivity contribution in [2.45, 2.75) is 0 Å². The number of pyridine rings is 1. The molecule has 1 N–H and O–H groups in total. The van der Waals surface area contributed by atoms with Crippen molar-refractivity contribution in [3.63, 3.8) is 0 Å². The Morgan fingerprint density at radius 1 is 1.50 bits per heavy atom. The smallest absolute Gasteiger partial charge is 0.238 e. The van der Waals surface area contributed by atoms with E-state index in [0.29, 0.717) is 19.8 Å². The molecule has 1 aromatic heterocycles. The first-order valence-electron chi connectivity index (χ1n) is 5.34. The van der Waals surface area contributed by atoms with E-state index in [1.54, 1.807) is 18.5 Å². The molecular formula is C11H15N3O2. The van der Waals surface area contributed by atoms with Gasteiger partial charge in [-0.3, -0.25) is 14.7 Å². The van der Waals surface area contributed by atoms with Crippen LogP contribution in [0, 0.1) is 0 Å². The van der Waals surface area contributed by atoms with Gasteiger partial charge in [-0.05, 0) is 12.1 Å². The summed E-state index contributed by atoms with van der Waals surface area (Å²) in [7, 11) is 0. The summed E-state index contributed by atoms with van der Waals surface area (Å²) in [5, 5.41) is 2.81. The molecule has 0 aromatic carbocycles. The second-order valence-corrected chi connectivity index (χ2v) is 3.68. The molecule has 0 unspecified atom stereocenters. The maximum atomic E-state index is 11.7. The molecule has 2 rings (SSSR count). The topological polar surface area (TPSA) is 54.5 Å². The van der Waals surface area contributed by atoms with Crippen LogP contribution in [0.3, 0.4) is 0 Å². The average molecular weight is 221 g/mol. The van der Waals surface area contributed by atoms with Crippen LogP contribution >= 0.6 is 0 Å². The number of hydrogen-bond acceptors (Lipinski definition) is 4. The molecule has 16 heavy (non-hydrogen) atoms. The molecule has 1 fully saturated rings. The Kier molecular flexibility index (Phi) is 3.85. The number of morpholine rings is 1. The first-order chi connectivity index (χ1) is 7.84. The molecule has 1 aliphatic rings. The number of carbonyl (C=O) groups excluding carboxylic acids is 1. The zero-order valence-electron chi connectivity index (χ0n) is 9.06. The van der Waals surface area contributed by atoms with Crippen molar-refractivity contribution in [1.29, 1.82) is 0 Å². The minimum atomic E-state index is -0.00472. The maximum Gasteiger partial charge on any atom is 0.238 e. The number of aromatic nitrogens is 1. The minimum absolute atomic E-state index is 0.00472. The summed E-state index contributed by atoms with van der Waals surface area (Å²) in [6.07, 6.45) is 3.31. The Morgan fingerprint density at radius 2 is 2.31 bits per heavy atom. The highest BCUT2D eigenvalue weighted by Crippen LogP contribution is 2.03. The lowest BCUT2D eigenvalue weighted by Gasteiger charge is -2.25. The SMILES string of the molecule is O=C(CN1CCOCC1)Nc1cccnc1. The molecule has 0 saturated carbocycles. The molecule has 5 nitrogen and oxygen atoms in total. The molecule has 0 atom stereocenters. The van der Waals surface area contributed by atoms with Crippen LogP contribution in [0.1, 0.15) is 0 Å². The first kappa shape index (κ1) is 11.0. The van der Waals surface area contributed by atoms with Crippen molar-refractivity contribution in [1.82, 2.24) is 9.88 Å². The lowest BCUT2D eigenvalue weighted by Crippen LogP contribution is -2.41. The third kappa shape index (κ3) is 3.29. The van der Waals surface area contributed by atoms with Gasteiger partial charge >= 0.3 is 0 Å². The Labute approximate surface area is 94.4 Å². The van der Waals surface area contributed by atoms with Gasteiger partial charge in [-0.1, -0.05) is 0 Å². The van der Waals surface area contributed by atoms with Gasteiger partial charge in [0.25, 0.3) is 0 Å². The zero-order chi connectivity index (χ0) is 11.2. The monoisotopic (exact) mass is 221 g/mol. The van der Waals surface area contributed by atoms with Gasteiger partial charge in [-0.25, -0.2) is 0 Å². The van der Waals surface area contributed by atoms with E-state index >= 15 is 0 Å². The quantitative estimate of drug-likeness (QED) is 0.800. The molecule has 1 aromatic rings. The summed E-state index contributed by atoms with van der Waals surface area (Å²) < 4.78 is 5.22. The van der Waals surface area contributed by atoms with Crippen molar-refractivity contribution < 1.29 is 9.53 Å². The van der Waals surface area contributed by atoms with Crippen LogP contribution in [0.15, 0.2) is 24.5 Å². The van der Waals surface area contributed by atoms with Crippen molar-refractivity contribution in [2.75, 3.05) is 38.2 Å². The molecular weight excluding hydrogens is 206 g/mol. The van der Waals surface area contributed by atoms with E-state index in [9.17, 15) is 4.79 Å². The molecule has 1 aliphatic heterocycles. The third-order valence-corrected chi connectivity index (χ3v) is 2.42. The van der Waals surface area contributed by atoms with Gasteiger partial charge in [0.1, 0.15) is 0 Å². The molecule has 5 heteroatoms. The Bertz CT molecular complexity index is 336. The largest absolute Gasteiger partial charge is 0.379 e. The van der Waals surface area contributed by atoms with Crippen molar-refractivity contribution in [2.24, 2.45) is 0 Å². The van der Waals surface area contributed by atoms with E-state index in [1.807, 2.05) is 6.07 Å². The van der Waals surface area contributed by atoms with Crippen LogP contribution in [0.25, 0.3) is 0 Å². The highest BCUT2D eigenvalue weighted by molar-refractivity contribution is 5.92. The second kappa shape index (κ2) is 5.58. The van der Waals surface area contributed by atoms with Gasteiger partial charge in [0.05, 0.1) is 31.6 Å². The van der Waals surface area contributed by atoms with E-state index in [2.05, 4.69) is 15.2 Å². The summed E-state index contributed by atoms with van der Waals surface area (Å²) in [6, 6.07) is 3.62. The van der Waals surface area contributed by atoms with Gasteiger partial charge in [-0.15, -0.1) is 0 Å². The molecule has 0 aliphatic carbocycles. The van der Waals surface area contributed by atoms with Crippen molar-refractivity contribution in [3.05, 3.63) is 24.5 Å². The van der Waals surface area contributed by atoms with E-state index < -0.39 is 0 Å². The average Bonchev–Trinajstić information content (AvgIpc) is 2.31. The highest BCUT2D eigenvalue weighted by Gasteiger charge is 2.13. The fourth-order valence-electron chi connectivity index (χ4n) is 1.60. The second-order valence-electron chi connectivity index (χ2n) is 3.68. The van der Waals surface area contributed by atoms with Crippen LogP contribution in [-0.2, 0) is 9.53 Å². The van der Waals surface area contributed by atoms with Crippen LogP contribution < -0.4 is 5.32 Å². The summed E-state index contributed by atoms with van der Waals surface area (Å²) >= 11 is 0. The number of ether oxygens (including phenoxy) is 1. The summed E-state index contributed by atoms with van der Waals surface area (Å²) in [4.78, 5) is 17.7. The Hall–Kier alpha value is -1.46. The van der Waals surface area contributed by atoms with Crippen LogP contribution in [0.2, 0.25) is 0 Å². The van der Waals surface area contributed by atoms with Crippen LogP contribution in [0.5, 0.6) is 0 Å². The maximum absolute atomic E-state index is 11.7. The lowest BCUT2D eigenvalue weighted by molar-refractivity contribution is -0.118. The number of hydrogen-bond donors (Lipinski definition) is 1. The number of rotatable bonds is 3. The van der Waals surface area contributed by atoms with Crippen LogP contribution in [0.4, 0.5) is 5.69 Å². The minimum Gasteiger partial charge on any atom is -0.379 e. The lowest BCUT2D eigenvalue weighted by atomic mass is 10.3. The van der Waals surface area contributed by atoms with Gasteiger partial charge in [0.2, 0.25) is 5.91 Å².